The highest BCUT2D eigenvalue weighted by atomic mass is 79.9. The number of rotatable bonds is 6. The molecule has 0 amide bonds. The van der Waals surface area contributed by atoms with E-state index in [0.717, 1.165) is 16.7 Å². The molecule has 140 valence electrons. The fraction of sp³-hybridized carbons (Fsp3) is 0.143. The topological polar surface area (TPSA) is 55.4 Å². The monoisotopic (exact) mass is 445 g/mol. The van der Waals surface area contributed by atoms with E-state index in [2.05, 4.69) is 20.7 Å². The van der Waals surface area contributed by atoms with Crippen LogP contribution in [-0.2, 0) is 10.0 Å². The van der Waals surface area contributed by atoms with E-state index in [9.17, 15) is 8.42 Å². The van der Waals surface area contributed by atoms with Gasteiger partial charge in [0.05, 0.1) is 22.5 Å². The number of hydrogen-bond donors (Lipinski definition) is 1. The Labute approximate surface area is 168 Å². The first-order chi connectivity index (χ1) is 12.9. The van der Waals surface area contributed by atoms with Crippen molar-refractivity contribution in [2.75, 3.05) is 7.11 Å². The number of nitrogens with one attached hydrogen (secondary N) is 1. The number of ether oxygens (including phenoxy) is 1. The highest BCUT2D eigenvalue weighted by molar-refractivity contribution is 9.10. The molecule has 27 heavy (non-hydrogen) atoms. The van der Waals surface area contributed by atoms with Crippen LogP contribution >= 0.6 is 15.9 Å². The zero-order valence-corrected chi connectivity index (χ0v) is 17.4. The molecule has 0 saturated carbocycles. The van der Waals surface area contributed by atoms with Gasteiger partial charge in [0.25, 0.3) is 0 Å². The Hall–Kier alpha value is -2.15. The third-order valence-electron chi connectivity index (χ3n) is 4.34. The van der Waals surface area contributed by atoms with Crippen LogP contribution in [-0.4, -0.2) is 15.5 Å². The first kappa shape index (κ1) is 19.6. The molecule has 1 atom stereocenters. The Balaban J connectivity index is 2.04. The van der Waals surface area contributed by atoms with E-state index < -0.39 is 16.1 Å². The second-order valence-electron chi connectivity index (χ2n) is 6.12. The molecule has 0 radical (unpaired) electrons. The number of hydrogen-bond acceptors (Lipinski definition) is 3. The number of aryl methyl sites for hydroxylation is 1. The van der Waals surface area contributed by atoms with Crippen molar-refractivity contribution in [3.8, 4) is 5.75 Å². The van der Waals surface area contributed by atoms with Crippen molar-refractivity contribution < 1.29 is 13.2 Å². The Bertz CT molecular complexity index is 1040. The smallest absolute Gasteiger partial charge is 0.241 e. The zero-order chi connectivity index (χ0) is 19.4. The summed E-state index contributed by atoms with van der Waals surface area (Å²) in [5, 5.41) is 0. The third kappa shape index (κ3) is 4.40. The first-order valence-corrected chi connectivity index (χ1v) is 10.7. The SMILES string of the molecule is COc1ccc(S(=O)(=O)NC(c2ccccc2)c2ccccc2C)cc1Br. The standard InChI is InChI=1S/C21H20BrNO3S/c1-15-8-6-7-11-18(15)21(16-9-4-3-5-10-16)23-27(24,25)17-12-13-20(26-2)19(22)14-17/h3-14,21,23H,1-2H3. The molecule has 1 N–H and O–H groups in total. The van der Waals surface area contributed by atoms with E-state index in [0.29, 0.717) is 10.2 Å². The molecule has 0 saturated heterocycles. The maximum atomic E-state index is 13.1. The van der Waals surface area contributed by atoms with Gasteiger partial charge in [0.1, 0.15) is 5.75 Å². The molecule has 3 rings (SSSR count). The minimum atomic E-state index is -3.76. The summed E-state index contributed by atoms with van der Waals surface area (Å²) < 4.78 is 34.8. The lowest BCUT2D eigenvalue weighted by molar-refractivity contribution is 0.411. The van der Waals surface area contributed by atoms with Gasteiger partial charge in [-0.3, -0.25) is 0 Å². The first-order valence-electron chi connectivity index (χ1n) is 8.39. The van der Waals surface area contributed by atoms with E-state index in [1.54, 1.807) is 12.1 Å². The third-order valence-corrected chi connectivity index (χ3v) is 6.38. The fourth-order valence-corrected chi connectivity index (χ4v) is 4.83. The van der Waals surface area contributed by atoms with Crippen molar-refractivity contribution in [3.63, 3.8) is 0 Å². The normalized spacial score (nSPS) is 12.6. The molecule has 0 heterocycles. The van der Waals surface area contributed by atoms with E-state index >= 15 is 0 Å². The molecule has 1 unspecified atom stereocenters. The molecule has 0 aliphatic heterocycles. The van der Waals surface area contributed by atoms with Gasteiger partial charge in [0.2, 0.25) is 10.0 Å². The quantitative estimate of drug-likeness (QED) is 0.590. The van der Waals surface area contributed by atoms with E-state index in [1.165, 1.54) is 13.2 Å². The van der Waals surface area contributed by atoms with Crippen LogP contribution in [0, 0.1) is 6.92 Å². The lowest BCUT2D eigenvalue weighted by atomic mass is 9.96. The summed E-state index contributed by atoms with van der Waals surface area (Å²) in [6.45, 7) is 1.98. The van der Waals surface area contributed by atoms with Crippen molar-refractivity contribution in [2.24, 2.45) is 0 Å². The largest absolute Gasteiger partial charge is 0.496 e. The van der Waals surface area contributed by atoms with Crippen LogP contribution in [0.3, 0.4) is 0 Å². The lowest BCUT2D eigenvalue weighted by Gasteiger charge is -2.22. The molecule has 4 nitrogen and oxygen atoms in total. The van der Waals surface area contributed by atoms with Crippen molar-refractivity contribution in [2.45, 2.75) is 17.9 Å². The maximum Gasteiger partial charge on any atom is 0.241 e. The number of methoxy groups -OCH3 is 1. The number of benzene rings is 3. The van der Waals surface area contributed by atoms with Crippen molar-refractivity contribution in [1.29, 1.82) is 0 Å². The Morgan fingerprint density at radius 1 is 0.963 bits per heavy atom. The van der Waals surface area contributed by atoms with Gasteiger partial charge in [-0.1, -0.05) is 54.6 Å². The molecular weight excluding hydrogens is 426 g/mol. The van der Waals surface area contributed by atoms with Crippen molar-refractivity contribution in [3.05, 3.63) is 94.0 Å². The molecule has 6 heteroatoms. The lowest BCUT2D eigenvalue weighted by Crippen LogP contribution is -2.30. The van der Waals surface area contributed by atoms with E-state index in [1.807, 2.05) is 61.5 Å². The number of halogens is 1. The molecule has 0 fully saturated rings. The average molecular weight is 446 g/mol. The van der Waals surface area contributed by atoms with Crippen LogP contribution in [0.5, 0.6) is 5.75 Å². The minimum Gasteiger partial charge on any atom is -0.496 e. The van der Waals surface area contributed by atoms with Gasteiger partial charge in [-0.05, 0) is 57.7 Å². The van der Waals surface area contributed by atoms with Crippen molar-refractivity contribution >= 4 is 26.0 Å². The molecule has 3 aromatic carbocycles. The second kappa shape index (κ2) is 8.25. The molecule has 0 aliphatic rings. The summed E-state index contributed by atoms with van der Waals surface area (Å²) in [6, 6.07) is 21.5. The molecule has 0 aliphatic carbocycles. The summed E-state index contributed by atoms with van der Waals surface area (Å²) in [5.41, 5.74) is 2.81. The van der Waals surface area contributed by atoms with Gasteiger partial charge < -0.3 is 4.74 Å². The van der Waals surface area contributed by atoms with Gasteiger partial charge in [0, 0.05) is 0 Å². The van der Waals surface area contributed by atoms with Crippen molar-refractivity contribution in [1.82, 2.24) is 4.72 Å². The maximum absolute atomic E-state index is 13.1. The summed E-state index contributed by atoms with van der Waals surface area (Å²) in [7, 11) is -2.22. The van der Waals surface area contributed by atoms with Crippen LogP contribution in [0.1, 0.15) is 22.7 Å². The summed E-state index contributed by atoms with van der Waals surface area (Å²) in [4.78, 5) is 0.171. The highest BCUT2D eigenvalue weighted by Crippen LogP contribution is 2.30. The van der Waals surface area contributed by atoms with E-state index in [-0.39, 0.29) is 4.90 Å². The summed E-state index contributed by atoms with van der Waals surface area (Å²) in [5.74, 6) is 0.576. The number of sulfonamides is 1. The minimum absolute atomic E-state index is 0.171. The van der Waals surface area contributed by atoms with Crippen LogP contribution in [0.25, 0.3) is 0 Å². The van der Waals surface area contributed by atoms with Gasteiger partial charge in [-0.25, -0.2) is 8.42 Å². The highest BCUT2D eigenvalue weighted by Gasteiger charge is 2.24. The van der Waals surface area contributed by atoms with Crippen LogP contribution in [0.2, 0.25) is 0 Å². The summed E-state index contributed by atoms with van der Waals surface area (Å²) in [6.07, 6.45) is 0. The fourth-order valence-electron chi connectivity index (χ4n) is 2.90. The molecular formula is C21H20BrNO3S. The van der Waals surface area contributed by atoms with Gasteiger partial charge >= 0.3 is 0 Å². The van der Waals surface area contributed by atoms with Crippen LogP contribution in [0.4, 0.5) is 0 Å². The summed E-state index contributed by atoms with van der Waals surface area (Å²) >= 11 is 3.35. The molecule has 0 bridgehead atoms. The van der Waals surface area contributed by atoms with Gasteiger partial charge in [0.15, 0.2) is 0 Å². The molecule has 3 aromatic rings. The van der Waals surface area contributed by atoms with Gasteiger partial charge in [-0.15, -0.1) is 0 Å². The Morgan fingerprint density at radius 2 is 1.63 bits per heavy atom. The van der Waals surface area contributed by atoms with Crippen LogP contribution in [0.15, 0.2) is 82.2 Å². The molecule has 0 aromatic heterocycles. The molecule has 0 spiro atoms. The van der Waals surface area contributed by atoms with Crippen LogP contribution < -0.4 is 9.46 Å². The van der Waals surface area contributed by atoms with E-state index in [4.69, 9.17) is 4.74 Å². The Kier molecular flexibility index (Phi) is 5.99. The zero-order valence-electron chi connectivity index (χ0n) is 15.0. The second-order valence-corrected chi connectivity index (χ2v) is 8.69. The van der Waals surface area contributed by atoms with Gasteiger partial charge in [-0.2, -0.15) is 4.72 Å². The Morgan fingerprint density at radius 3 is 2.26 bits per heavy atom. The predicted molar refractivity (Wildman–Crippen MR) is 110 cm³/mol. The average Bonchev–Trinajstić information content (AvgIpc) is 2.67. The predicted octanol–water partition coefficient (Wildman–Crippen LogP) is 4.83.